The first kappa shape index (κ1) is 31.0. The van der Waals surface area contributed by atoms with E-state index >= 15 is 0 Å². The lowest BCUT2D eigenvalue weighted by atomic mass is 10.1. The van der Waals surface area contributed by atoms with Crippen LogP contribution in [0.1, 0.15) is 21.5 Å². The van der Waals surface area contributed by atoms with Gasteiger partial charge in [-0.25, -0.2) is 14.0 Å². The van der Waals surface area contributed by atoms with Crippen molar-refractivity contribution in [2.24, 2.45) is 0 Å². The average Bonchev–Trinajstić information content (AvgIpc) is 2.88. The zero-order chi connectivity index (χ0) is 30.6. The van der Waals surface area contributed by atoms with Gasteiger partial charge in [-0.2, -0.15) is 23.0 Å². The summed E-state index contributed by atoms with van der Waals surface area (Å²) < 4.78 is 64.4. The molecule has 218 valence electrons. The molecule has 1 aromatic heterocycles. The molecule has 0 aliphatic heterocycles. The van der Waals surface area contributed by atoms with Gasteiger partial charge < -0.3 is 30.1 Å². The van der Waals surface area contributed by atoms with E-state index in [2.05, 4.69) is 15.2 Å². The molecule has 2 aromatic carbocycles. The number of aryl methyl sites for hydroxylation is 1. The number of aliphatic hydroxyl groups is 2. The summed E-state index contributed by atoms with van der Waals surface area (Å²) in [5, 5.41) is 32.2. The highest BCUT2D eigenvalue weighted by molar-refractivity contribution is 6.32. The molecule has 12 nitrogen and oxygen atoms in total. The van der Waals surface area contributed by atoms with Gasteiger partial charge in [-0.1, -0.05) is 11.6 Å². The number of amides is 1. The maximum atomic E-state index is 13.5. The number of hydrogen-bond acceptors (Lipinski definition) is 9. The van der Waals surface area contributed by atoms with E-state index in [1.807, 2.05) is 0 Å². The molecule has 0 radical (unpaired) electrons. The lowest BCUT2D eigenvalue weighted by molar-refractivity contribution is -0.172. The predicted molar refractivity (Wildman–Crippen MR) is 130 cm³/mol. The van der Waals surface area contributed by atoms with Crippen molar-refractivity contribution in [3.05, 3.63) is 80.5 Å². The lowest BCUT2D eigenvalue weighted by Crippen LogP contribution is -2.41. The smallest absolute Gasteiger partial charge is 0.417 e. The Balaban J connectivity index is 1.85. The third kappa shape index (κ3) is 7.56. The molecule has 17 heteroatoms. The van der Waals surface area contributed by atoms with Crippen LogP contribution in [-0.2, 0) is 27.2 Å². The Hall–Kier alpha value is -4.54. The molecule has 1 amide bonds. The number of halogens is 5. The average molecular weight is 604 g/mol. The fraction of sp³-hybridized carbons (Fsp3) is 0.208. The Bertz CT molecular complexity index is 1560. The number of esters is 1. The molecule has 3 aromatic rings. The Labute approximate surface area is 231 Å². The van der Waals surface area contributed by atoms with Crippen LogP contribution in [0.15, 0.2) is 47.4 Å². The maximum absolute atomic E-state index is 13.5. The standard InChI is InChI=1S/C24H18ClF4N3O9/c1-10-4-11(26)2-3-16(10)41-17-7-14(24(27,28)29)15(25)6-13(17)21(36)31-12-5-18(33)32(30-8-12)9-40-23(39)20(35)19(34)22(37)38/h2-8,19-20,34-35H,9H2,1H3,(H,31,36)(H,37,38). The zero-order valence-corrected chi connectivity index (χ0v) is 21.2. The molecule has 0 bridgehead atoms. The maximum Gasteiger partial charge on any atom is 0.417 e. The second-order valence-corrected chi connectivity index (χ2v) is 8.60. The van der Waals surface area contributed by atoms with Gasteiger partial charge in [-0.05, 0) is 42.8 Å². The molecule has 2 atom stereocenters. The highest BCUT2D eigenvalue weighted by Gasteiger charge is 2.35. The molecule has 1 heterocycles. The molecule has 41 heavy (non-hydrogen) atoms. The number of carboxylic acids is 1. The van der Waals surface area contributed by atoms with Crippen molar-refractivity contribution in [1.82, 2.24) is 9.78 Å². The number of alkyl halides is 3. The first-order valence-corrected chi connectivity index (χ1v) is 11.4. The van der Waals surface area contributed by atoms with Crippen LogP contribution in [0.2, 0.25) is 5.02 Å². The lowest BCUT2D eigenvalue weighted by Gasteiger charge is -2.17. The van der Waals surface area contributed by atoms with Crippen LogP contribution in [0.4, 0.5) is 23.2 Å². The molecule has 2 unspecified atom stereocenters. The van der Waals surface area contributed by atoms with Crippen LogP contribution in [0.25, 0.3) is 0 Å². The molecule has 3 rings (SSSR count). The molecule has 0 aliphatic rings. The molecular weight excluding hydrogens is 586 g/mol. The quantitative estimate of drug-likeness (QED) is 0.210. The predicted octanol–water partition coefficient (Wildman–Crippen LogP) is 2.71. The molecule has 0 fully saturated rings. The number of carboxylic acid groups (broad SMARTS) is 1. The van der Waals surface area contributed by atoms with E-state index in [-0.39, 0.29) is 17.0 Å². The summed E-state index contributed by atoms with van der Waals surface area (Å²) in [4.78, 5) is 47.6. The van der Waals surface area contributed by atoms with Gasteiger partial charge in [0.2, 0.25) is 0 Å². The first-order valence-electron chi connectivity index (χ1n) is 11.1. The second kappa shape index (κ2) is 12.3. The van der Waals surface area contributed by atoms with E-state index in [1.54, 1.807) is 0 Å². The number of aliphatic hydroxyl groups excluding tert-OH is 2. The van der Waals surface area contributed by atoms with Crippen LogP contribution >= 0.6 is 11.6 Å². The monoisotopic (exact) mass is 603 g/mol. The number of ether oxygens (including phenoxy) is 2. The van der Waals surface area contributed by atoms with Crippen molar-refractivity contribution in [3.63, 3.8) is 0 Å². The van der Waals surface area contributed by atoms with Gasteiger partial charge in [-0.15, -0.1) is 0 Å². The number of hydrogen-bond donors (Lipinski definition) is 4. The van der Waals surface area contributed by atoms with E-state index in [0.717, 1.165) is 30.5 Å². The van der Waals surface area contributed by atoms with Crippen molar-refractivity contribution in [2.45, 2.75) is 32.0 Å². The van der Waals surface area contributed by atoms with Gasteiger partial charge in [0, 0.05) is 6.07 Å². The molecular formula is C24H18ClF4N3O9. The number of anilines is 1. The minimum Gasteiger partial charge on any atom is -0.479 e. The Morgan fingerprint density at radius 1 is 1.10 bits per heavy atom. The Morgan fingerprint density at radius 2 is 1.78 bits per heavy atom. The summed E-state index contributed by atoms with van der Waals surface area (Å²) in [6, 6.07) is 5.17. The van der Waals surface area contributed by atoms with Gasteiger partial charge >= 0.3 is 18.1 Å². The topological polar surface area (TPSA) is 177 Å². The van der Waals surface area contributed by atoms with Gasteiger partial charge in [-0.3, -0.25) is 9.59 Å². The molecule has 0 saturated heterocycles. The van der Waals surface area contributed by atoms with E-state index in [9.17, 15) is 41.8 Å². The number of benzene rings is 2. The van der Waals surface area contributed by atoms with Crippen molar-refractivity contribution < 1.29 is 56.7 Å². The number of aromatic nitrogens is 2. The number of nitrogens with one attached hydrogen (secondary N) is 1. The highest BCUT2D eigenvalue weighted by atomic mass is 35.5. The van der Waals surface area contributed by atoms with Crippen LogP contribution in [0.5, 0.6) is 11.5 Å². The van der Waals surface area contributed by atoms with Gasteiger partial charge in [0.05, 0.1) is 28.0 Å². The van der Waals surface area contributed by atoms with E-state index < -0.39 is 76.2 Å². The zero-order valence-electron chi connectivity index (χ0n) is 20.5. The SMILES string of the molecule is Cc1cc(F)ccc1Oc1cc(C(F)(F)F)c(Cl)cc1C(=O)Nc1cnn(COC(=O)C(O)C(O)C(=O)O)c(=O)c1. The van der Waals surface area contributed by atoms with Crippen LogP contribution in [0, 0.1) is 12.7 Å². The second-order valence-electron chi connectivity index (χ2n) is 8.19. The fourth-order valence-corrected chi connectivity index (χ4v) is 3.42. The number of rotatable bonds is 9. The number of carbonyl (C=O) groups is 3. The van der Waals surface area contributed by atoms with Crippen LogP contribution in [-0.4, -0.2) is 55.2 Å². The molecule has 0 saturated carbocycles. The summed E-state index contributed by atoms with van der Waals surface area (Å²) >= 11 is 5.78. The largest absolute Gasteiger partial charge is 0.479 e. The Kier molecular flexibility index (Phi) is 9.31. The Morgan fingerprint density at radius 3 is 2.37 bits per heavy atom. The third-order valence-corrected chi connectivity index (χ3v) is 5.54. The summed E-state index contributed by atoms with van der Waals surface area (Å²) in [7, 11) is 0. The number of aliphatic carboxylic acids is 1. The van der Waals surface area contributed by atoms with E-state index in [0.29, 0.717) is 16.8 Å². The number of carbonyl (C=O) groups excluding carboxylic acids is 2. The van der Waals surface area contributed by atoms with Crippen molar-refractivity contribution in [2.75, 3.05) is 5.32 Å². The molecule has 0 aliphatic carbocycles. The highest BCUT2D eigenvalue weighted by Crippen LogP contribution is 2.40. The molecule has 4 N–H and O–H groups in total. The summed E-state index contributed by atoms with van der Waals surface area (Å²) in [5.74, 6) is -5.84. The van der Waals surface area contributed by atoms with Crippen molar-refractivity contribution >= 4 is 35.1 Å². The minimum atomic E-state index is -4.91. The third-order valence-electron chi connectivity index (χ3n) is 5.23. The normalized spacial score (nSPS) is 12.8. The summed E-state index contributed by atoms with van der Waals surface area (Å²) in [5.41, 5.74) is -2.84. The van der Waals surface area contributed by atoms with Crippen LogP contribution in [0.3, 0.4) is 0 Å². The summed E-state index contributed by atoms with van der Waals surface area (Å²) in [6.07, 6.45) is -8.95. The van der Waals surface area contributed by atoms with E-state index in [4.69, 9.17) is 26.6 Å². The van der Waals surface area contributed by atoms with Gasteiger partial charge in [0.1, 0.15) is 17.3 Å². The van der Waals surface area contributed by atoms with Gasteiger partial charge in [0.25, 0.3) is 11.5 Å². The molecule has 0 spiro atoms. The van der Waals surface area contributed by atoms with Crippen LogP contribution < -0.4 is 15.6 Å². The fourth-order valence-electron chi connectivity index (χ4n) is 3.15. The van der Waals surface area contributed by atoms with Gasteiger partial charge in [0.15, 0.2) is 18.9 Å². The minimum absolute atomic E-state index is 0.0595. The summed E-state index contributed by atoms with van der Waals surface area (Å²) in [6.45, 7) is 0.504. The van der Waals surface area contributed by atoms with E-state index in [1.165, 1.54) is 6.92 Å². The van der Waals surface area contributed by atoms with Crippen molar-refractivity contribution in [3.8, 4) is 11.5 Å². The first-order chi connectivity index (χ1) is 19.1. The van der Waals surface area contributed by atoms with Crippen molar-refractivity contribution in [1.29, 1.82) is 0 Å². The number of nitrogens with zero attached hydrogens (tertiary/aromatic N) is 2.